The Morgan fingerprint density at radius 1 is 1.18 bits per heavy atom. The first kappa shape index (κ1) is 18.6. The molecule has 0 fully saturated rings. The van der Waals surface area contributed by atoms with Gasteiger partial charge >= 0.3 is 5.97 Å². The number of benzene rings is 2. The number of rotatable bonds is 5. The summed E-state index contributed by atoms with van der Waals surface area (Å²) in [6.07, 6.45) is 0.781. The van der Waals surface area contributed by atoms with Crippen molar-refractivity contribution in [2.75, 3.05) is 25.2 Å². The first-order valence-corrected chi connectivity index (χ1v) is 9.66. The van der Waals surface area contributed by atoms with E-state index in [4.69, 9.17) is 9.47 Å². The third-order valence-corrected chi connectivity index (χ3v) is 5.93. The molecule has 1 amide bonds. The van der Waals surface area contributed by atoms with Gasteiger partial charge in [0, 0.05) is 35.0 Å². The molecule has 1 aliphatic rings. The Balaban J connectivity index is 1.52. The van der Waals surface area contributed by atoms with Crippen LogP contribution in [0.5, 0.6) is 0 Å². The highest BCUT2D eigenvalue weighted by Crippen LogP contribution is 2.34. The summed E-state index contributed by atoms with van der Waals surface area (Å²) in [7, 11) is 1.48. The molecule has 28 heavy (non-hydrogen) atoms. The molecule has 144 valence electrons. The topological polar surface area (TPSA) is 55.8 Å². The Labute approximate surface area is 165 Å². The van der Waals surface area contributed by atoms with Crippen LogP contribution in [0.2, 0.25) is 0 Å². The summed E-state index contributed by atoms with van der Waals surface area (Å²) in [6, 6.07) is 12.4. The lowest BCUT2D eigenvalue weighted by Gasteiger charge is -2.17. The molecule has 5 nitrogen and oxygen atoms in total. The average Bonchev–Trinajstić information content (AvgIpc) is 3.29. The van der Waals surface area contributed by atoms with Crippen LogP contribution in [-0.2, 0) is 27.3 Å². The van der Waals surface area contributed by atoms with Gasteiger partial charge in [0.2, 0.25) is 0 Å². The molecule has 0 aliphatic carbocycles. The smallest absolute Gasteiger partial charge is 0.349 e. The number of amides is 1. The van der Waals surface area contributed by atoms with E-state index in [-0.39, 0.29) is 24.0 Å². The lowest BCUT2D eigenvalue weighted by Crippen LogP contribution is -2.33. The highest BCUT2D eigenvalue weighted by atomic mass is 32.1. The lowest BCUT2D eigenvalue weighted by molar-refractivity contribution is -0.121. The maximum atomic E-state index is 14.2. The number of nitrogens with zero attached hydrogens (tertiary/aromatic N) is 1. The maximum absolute atomic E-state index is 14.2. The van der Waals surface area contributed by atoms with E-state index >= 15 is 0 Å². The van der Waals surface area contributed by atoms with Crippen LogP contribution < -0.4 is 4.90 Å². The van der Waals surface area contributed by atoms with E-state index in [1.165, 1.54) is 13.2 Å². The molecular weight excluding hydrogens is 381 g/mol. The number of thiophene rings is 1. The number of para-hydroxylation sites is 1. The van der Waals surface area contributed by atoms with Gasteiger partial charge in [0.15, 0.2) is 6.61 Å². The van der Waals surface area contributed by atoms with Crippen LogP contribution in [0, 0.1) is 5.82 Å². The van der Waals surface area contributed by atoms with E-state index in [1.54, 1.807) is 17.0 Å². The molecular formula is C21H18FNO4S. The minimum Gasteiger partial charge on any atom is -0.451 e. The molecule has 0 atom stereocenters. The van der Waals surface area contributed by atoms with E-state index in [0.717, 1.165) is 29.0 Å². The number of carbonyl (C=O) groups is 2. The van der Waals surface area contributed by atoms with E-state index in [0.29, 0.717) is 22.2 Å². The number of halogens is 1. The van der Waals surface area contributed by atoms with Gasteiger partial charge in [-0.15, -0.1) is 11.3 Å². The third-order valence-electron chi connectivity index (χ3n) is 4.75. The minimum atomic E-state index is -0.645. The summed E-state index contributed by atoms with van der Waals surface area (Å²) in [5.41, 5.74) is 2.40. The molecule has 4 rings (SSSR count). The minimum absolute atomic E-state index is 0.0822. The van der Waals surface area contributed by atoms with Gasteiger partial charge in [-0.2, -0.15) is 0 Å². The molecule has 0 N–H and O–H groups in total. The van der Waals surface area contributed by atoms with E-state index in [9.17, 15) is 14.0 Å². The Bertz CT molecular complexity index is 1060. The number of fused-ring (bicyclic) bond motifs is 2. The summed E-state index contributed by atoms with van der Waals surface area (Å²) < 4.78 is 25.3. The van der Waals surface area contributed by atoms with Crippen molar-refractivity contribution in [1.29, 1.82) is 0 Å². The Morgan fingerprint density at radius 3 is 2.82 bits per heavy atom. The fourth-order valence-electron chi connectivity index (χ4n) is 3.48. The molecule has 1 aliphatic heterocycles. The number of esters is 1. The molecule has 0 unspecified atom stereocenters. The number of hydrogen-bond donors (Lipinski definition) is 0. The van der Waals surface area contributed by atoms with Gasteiger partial charge in [-0.25, -0.2) is 9.18 Å². The number of anilines is 1. The second-order valence-electron chi connectivity index (χ2n) is 6.46. The third kappa shape index (κ3) is 3.27. The summed E-state index contributed by atoms with van der Waals surface area (Å²) in [5.74, 6) is -1.34. The van der Waals surface area contributed by atoms with Crippen molar-refractivity contribution in [2.24, 2.45) is 0 Å². The van der Waals surface area contributed by atoms with Gasteiger partial charge in [-0.1, -0.05) is 24.3 Å². The van der Waals surface area contributed by atoms with Gasteiger partial charge in [0.1, 0.15) is 10.7 Å². The first-order chi connectivity index (χ1) is 13.6. The first-order valence-electron chi connectivity index (χ1n) is 8.84. The standard InChI is InChI=1S/C21H18FNO4S/c1-26-11-14-19-15(22)6-4-8-17(19)28-20(14)21(25)27-12-18(24)23-10-9-13-5-2-3-7-16(13)23/h2-8H,9-12H2,1H3. The van der Waals surface area contributed by atoms with Crippen molar-refractivity contribution in [3.8, 4) is 0 Å². The normalized spacial score (nSPS) is 13.0. The van der Waals surface area contributed by atoms with Crippen molar-refractivity contribution in [3.05, 3.63) is 64.3 Å². The second-order valence-corrected chi connectivity index (χ2v) is 7.51. The zero-order valence-electron chi connectivity index (χ0n) is 15.2. The molecule has 0 bridgehead atoms. The Kier molecular flexibility index (Phi) is 5.11. The highest BCUT2D eigenvalue weighted by Gasteiger charge is 2.26. The van der Waals surface area contributed by atoms with Crippen LogP contribution in [0.4, 0.5) is 10.1 Å². The van der Waals surface area contributed by atoms with Gasteiger partial charge in [0.25, 0.3) is 5.91 Å². The van der Waals surface area contributed by atoms with E-state index in [2.05, 4.69) is 0 Å². The van der Waals surface area contributed by atoms with Crippen molar-refractivity contribution in [3.63, 3.8) is 0 Å². The molecule has 0 spiro atoms. The SMILES string of the molecule is COCc1c(C(=O)OCC(=O)N2CCc3ccccc32)sc2cccc(F)c12. The lowest BCUT2D eigenvalue weighted by atomic mass is 10.1. The van der Waals surface area contributed by atoms with Crippen LogP contribution >= 0.6 is 11.3 Å². The molecule has 1 aromatic heterocycles. The summed E-state index contributed by atoms with van der Waals surface area (Å²) in [6.45, 7) is 0.286. The van der Waals surface area contributed by atoms with Crippen molar-refractivity contribution < 1.29 is 23.5 Å². The Morgan fingerprint density at radius 2 is 2.00 bits per heavy atom. The summed E-state index contributed by atoms with van der Waals surface area (Å²) in [4.78, 5) is 27.1. The van der Waals surface area contributed by atoms with Crippen LogP contribution in [0.1, 0.15) is 20.8 Å². The van der Waals surface area contributed by atoms with Crippen LogP contribution in [0.15, 0.2) is 42.5 Å². The number of methoxy groups -OCH3 is 1. The van der Waals surface area contributed by atoms with Gasteiger partial charge < -0.3 is 14.4 Å². The van der Waals surface area contributed by atoms with Gasteiger partial charge in [-0.3, -0.25) is 4.79 Å². The summed E-state index contributed by atoms with van der Waals surface area (Å²) >= 11 is 1.14. The number of ether oxygens (including phenoxy) is 2. The van der Waals surface area contributed by atoms with Crippen LogP contribution in [-0.4, -0.2) is 32.1 Å². The van der Waals surface area contributed by atoms with Crippen LogP contribution in [0.3, 0.4) is 0 Å². The van der Waals surface area contributed by atoms with Crippen molar-refractivity contribution in [2.45, 2.75) is 13.0 Å². The van der Waals surface area contributed by atoms with E-state index < -0.39 is 11.8 Å². The van der Waals surface area contributed by atoms with E-state index in [1.807, 2.05) is 24.3 Å². The van der Waals surface area contributed by atoms with Crippen molar-refractivity contribution >= 4 is 39.0 Å². The zero-order chi connectivity index (χ0) is 19.7. The fraction of sp³-hybridized carbons (Fsp3) is 0.238. The predicted molar refractivity (Wildman–Crippen MR) is 105 cm³/mol. The predicted octanol–water partition coefficient (Wildman–Crippen LogP) is 3.93. The Hall–Kier alpha value is -2.77. The molecule has 2 heterocycles. The van der Waals surface area contributed by atoms with Gasteiger partial charge in [0.05, 0.1) is 6.61 Å². The van der Waals surface area contributed by atoms with Crippen LogP contribution in [0.25, 0.3) is 10.1 Å². The summed E-state index contributed by atoms with van der Waals surface area (Å²) in [5, 5.41) is 0.362. The average molecular weight is 399 g/mol. The highest BCUT2D eigenvalue weighted by molar-refractivity contribution is 7.21. The van der Waals surface area contributed by atoms with Gasteiger partial charge in [-0.05, 0) is 30.2 Å². The molecule has 2 aromatic carbocycles. The number of hydrogen-bond acceptors (Lipinski definition) is 5. The monoisotopic (exact) mass is 399 g/mol. The zero-order valence-corrected chi connectivity index (χ0v) is 16.1. The quantitative estimate of drug-likeness (QED) is 0.610. The number of carbonyl (C=O) groups excluding carboxylic acids is 2. The largest absolute Gasteiger partial charge is 0.451 e. The molecule has 7 heteroatoms. The second kappa shape index (κ2) is 7.69. The molecule has 3 aromatic rings. The molecule has 0 radical (unpaired) electrons. The molecule has 0 saturated heterocycles. The van der Waals surface area contributed by atoms with Crippen molar-refractivity contribution in [1.82, 2.24) is 0 Å². The molecule has 0 saturated carbocycles. The fourth-order valence-corrected chi connectivity index (χ4v) is 4.60. The maximum Gasteiger partial charge on any atom is 0.349 e.